The first-order valence-corrected chi connectivity index (χ1v) is 7.03. The Hall–Kier alpha value is -2.07. The molecule has 1 fully saturated rings. The lowest BCUT2D eigenvalue weighted by molar-refractivity contribution is 0.0697. The minimum absolute atomic E-state index is 0.0922. The molecule has 2 heterocycles. The van der Waals surface area contributed by atoms with Crippen molar-refractivity contribution >= 4 is 5.91 Å². The Labute approximate surface area is 118 Å². The van der Waals surface area contributed by atoms with Crippen LogP contribution in [0.4, 0.5) is 0 Å². The van der Waals surface area contributed by atoms with Gasteiger partial charge < -0.3 is 15.2 Å². The predicted octanol–water partition coefficient (Wildman–Crippen LogP) is 1.67. The molecule has 4 nitrogen and oxygen atoms in total. The highest BCUT2D eigenvalue weighted by Gasteiger charge is 2.24. The van der Waals surface area contributed by atoms with E-state index in [1.54, 1.807) is 6.20 Å². The number of nitrogens with one attached hydrogen (secondary N) is 2. The van der Waals surface area contributed by atoms with Crippen molar-refractivity contribution in [2.45, 2.75) is 12.5 Å². The third-order valence-corrected chi connectivity index (χ3v) is 3.70. The van der Waals surface area contributed by atoms with Crippen molar-refractivity contribution < 1.29 is 4.79 Å². The highest BCUT2D eigenvalue weighted by Crippen LogP contribution is 2.10. The monoisotopic (exact) mass is 269 g/mol. The number of carbonyl (C=O) groups is 1. The first kappa shape index (κ1) is 12.9. The first-order chi connectivity index (χ1) is 9.83. The van der Waals surface area contributed by atoms with Gasteiger partial charge in [0.15, 0.2) is 0 Å². The molecule has 0 bridgehead atoms. The smallest absolute Gasteiger partial charge is 0.270 e. The molecule has 3 rings (SSSR count). The van der Waals surface area contributed by atoms with E-state index in [1.807, 2.05) is 23.1 Å². The van der Waals surface area contributed by atoms with Gasteiger partial charge in [-0.05, 0) is 24.1 Å². The molecule has 1 aliphatic rings. The van der Waals surface area contributed by atoms with Gasteiger partial charge in [0.2, 0.25) is 0 Å². The zero-order valence-electron chi connectivity index (χ0n) is 11.4. The summed E-state index contributed by atoms with van der Waals surface area (Å²) in [5.41, 5.74) is 1.98. The van der Waals surface area contributed by atoms with Gasteiger partial charge in [-0.2, -0.15) is 0 Å². The van der Waals surface area contributed by atoms with Crippen LogP contribution in [0, 0.1) is 0 Å². The highest BCUT2D eigenvalue weighted by atomic mass is 16.2. The molecular formula is C16H19N3O. The summed E-state index contributed by atoms with van der Waals surface area (Å²) in [6.07, 6.45) is 2.74. The molecule has 0 saturated carbocycles. The number of nitrogens with zero attached hydrogens (tertiary/aromatic N) is 1. The fourth-order valence-corrected chi connectivity index (χ4v) is 2.68. The van der Waals surface area contributed by atoms with E-state index in [2.05, 4.69) is 34.6 Å². The SMILES string of the molecule is O=C(c1ccc[nH]1)N1CCNC(Cc2ccccc2)C1. The molecule has 1 saturated heterocycles. The van der Waals surface area contributed by atoms with Crippen molar-refractivity contribution in [2.24, 2.45) is 0 Å². The molecule has 1 unspecified atom stereocenters. The van der Waals surface area contributed by atoms with Gasteiger partial charge in [-0.3, -0.25) is 4.79 Å². The maximum atomic E-state index is 12.3. The number of piperazine rings is 1. The topological polar surface area (TPSA) is 48.1 Å². The summed E-state index contributed by atoms with van der Waals surface area (Å²) in [6, 6.07) is 14.4. The molecule has 0 radical (unpaired) electrons. The number of amides is 1. The number of H-pyrrole nitrogens is 1. The molecule has 0 spiro atoms. The molecule has 2 aromatic rings. The summed E-state index contributed by atoms with van der Waals surface area (Å²) in [4.78, 5) is 17.2. The first-order valence-electron chi connectivity index (χ1n) is 7.03. The van der Waals surface area contributed by atoms with Gasteiger partial charge in [0.1, 0.15) is 5.69 Å². The Bertz CT molecular complexity index is 550. The van der Waals surface area contributed by atoms with Crippen LogP contribution in [0.2, 0.25) is 0 Å². The Morgan fingerprint density at radius 2 is 2.05 bits per heavy atom. The molecular weight excluding hydrogens is 250 g/mol. The quantitative estimate of drug-likeness (QED) is 0.890. The van der Waals surface area contributed by atoms with Gasteiger partial charge in [0.05, 0.1) is 0 Å². The summed E-state index contributed by atoms with van der Waals surface area (Å²) in [7, 11) is 0. The van der Waals surface area contributed by atoms with Crippen molar-refractivity contribution in [3.63, 3.8) is 0 Å². The van der Waals surface area contributed by atoms with Crippen LogP contribution < -0.4 is 5.32 Å². The van der Waals surface area contributed by atoms with Crippen molar-refractivity contribution in [3.05, 3.63) is 59.9 Å². The third-order valence-electron chi connectivity index (χ3n) is 3.70. The lowest BCUT2D eigenvalue weighted by Crippen LogP contribution is -2.53. The lowest BCUT2D eigenvalue weighted by Gasteiger charge is -2.33. The molecule has 2 N–H and O–H groups in total. The minimum Gasteiger partial charge on any atom is -0.357 e. The van der Waals surface area contributed by atoms with Crippen LogP contribution in [0.15, 0.2) is 48.7 Å². The number of aromatic nitrogens is 1. The molecule has 1 atom stereocenters. The molecule has 104 valence electrons. The van der Waals surface area contributed by atoms with Gasteiger partial charge in [0, 0.05) is 31.9 Å². The summed E-state index contributed by atoms with van der Waals surface area (Å²) in [6.45, 7) is 2.37. The molecule has 1 aromatic carbocycles. The van der Waals surface area contributed by atoms with E-state index in [-0.39, 0.29) is 5.91 Å². The maximum absolute atomic E-state index is 12.3. The van der Waals surface area contributed by atoms with E-state index < -0.39 is 0 Å². The fraction of sp³-hybridized carbons (Fsp3) is 0.312. The molecule has 1 aliphatic heterocycles. The number of carbonyl (C=O) groups excluding carboxylic acids is 1. The Kier molecular flexibility index (Phi) is 3.83. The van der Waals surface area contributed by atoms with Crippen LogP contribution in [0.5, 0.6) is 0 Å². The van der Waals surface area contributed by atoms with Crippen LogP contribution in [0.1, 0.15) is 16.1 Å². The molecule has 1 amide bonds. The summed E-state index contributed by atoms with van der Waals surface area (Å²) in [5.74, 6) is 0.0922. The van der Waals surface area contributed by atoms with Gasteiger partial charge in [-0.15, -0.1) is 0 Å². The van der Waals surface area contributed by atoms with Crippen LogP contribution >= 0.6 is 0 Å². The summed E-state index contributed by atoms with van der Waals surface area (Å²) >= 11 is 0. The second kappa shape index (κ2) is 5.92. The molecule has 0 aliphatic carbocycles. The molecule has 1 aromatic heterocycles. The van der Waals surface area contributed by atoms with E-state index >= 15 is 0 Å². The Balaban J connectivity index is 1.63. The number of aromatic amines is 1. The average Bonchev–Trinajstić information content (AvgIpc) is 3.02. The van der Waals surface area contributed by atoms with Crippen LogP contribution in [-0.4, -0.2) is 41.5 Å². The van der Waals surface area contributed by atoms with E-state index in [1.165, 1.54) is 5.56 Å². The zero-order valence-corrected chi connectivity index (χ0v) is 11.4. The highest BCUT2D eigenvalue weighted by molar-refractivity contribution is 5.92. The van der Waals surface area contributed by atoms with E-state index in [0.717, 1.165) is 26.1 Å². The Morgan fingerprint density at radius 1 is 1.20 bits per heavy atom. The fourth-order valence-electron chi connectivity index (χ4n) is 2.68. The second-order valence-electron chi connectivity index (χ2n) is 5.18. The molecule has 4 heteroatoms. The van der Waals surface area contributed by atoms with Crippen molar-refractivity contribution in [3.8, 4) is 0 Å². The summed E-state index contributed by atoms with van der Waals surface area (Å²) in [5, 5.41) is 3.49. The second-order valence-corrected chi connectivity index (χ2v) is 5.18. The van der Waals surface area contributed by atoms with Gasteiger partial charge >= 0.3 is 0 Å². The van der Waals surface area contributed by atoms with E-state index in [0.29, 0.717) is 11.7 Å². The average molecular weight is 269 g/mol. The van der Waals surface area contributed by atoms with Gasteiger partial charge in [0.25, 0.3) is 5.91 Å². The Morgan fingerprint density at radius 3 is 2.80 bits per heavy atom. The van der Waals surface area contributed by atoms with Crippen molar-refractivity contribution in [1.29, 1.82) is 0 Å². The van der Waals surface area contributed by atoms with E-state index in [4.69, 9.17) is 0 Å². The maximum Gasteiger partial charge on any atom is 0.270 e. The van der Waals surface area contributed by atoms with Gasteiger partial charge in [-0.1, -0.05) is 30.3 Å². The lowest BCUT2D eigenvalue weighted by atomic mass is 10.0. The number of benzene rings is 1. The number of rotatable bonds is 3. The van der Waals surface area contributed by atoms with Crippen LogP contribution in [0.3, 0.4) is 0 Å². The number of hydrogen-bond donors (Lipinski definition) is 2. The van der Waals surface area contributed by atoms with Crippen LogP contribution in [0.25, 0.3) is 0 Å². The van der Waals surface area contributed by atoms with Crippen molar-refractivity contribution in [2.75, 3.05) is 19.6 Å². The standard InChI is InChI=1S/C16H19N3O/c20-16(15-7-4-8-18-15)19-10-9-17-14(12-19)11-13-5-2-1-3-6-13/h1-8,14,17-18H,9-12H2. The molecule has 20 heavy (non-hydrogen) atoms. The largest absolute Gasteiger partial charge is 0.357 e. The van der Waals surface area contributed by atoms with Gasteiger partial charge in [-0.25, -0.2) is 0 Å². The van der Waals surface area contributed by atoms with Crippen LogP contribution in [-0.2, 0) is 6.42 Å². The van der Waals surface area contributed by atoms with E-state index in [9.17, 15) is 4.79 Å². The normalized spacial score (nSPS) is 19.0. The third kappa shape index (κ3) is 2.91. The minimum atomic E-state index is 0.0922. The zero-order chi connectivity index (χ0) is 13.8. The number of hydrogen-bond acceptors (Lipinski definition) is 2. The van der Waals surface area contributed by atoms with Crippen molar-refractivity contribution in [1.82, 2.24) is 15.2 Å². The summed E-state index contributed by atoms with van der Waals surface area (Å²) < 4.78 is 0. The predicted molar refractivity (Wildman–Crippen MR) is 78.6 cm³/mol.